The molecule has 1 aliphatic heterocycles. The molecule has 0 radical (unpaired) electrons. The van der Waals surface area contributed by atoms with Crippen LogP contribution in [0.3, 0.4) is 0 Å². The first-order valence-electron chi connectivity index (χ1n) is 16.9. The average molecular weight is 658 g/mol. The molecule has 0 spiro atoms. The second-order valence-electron chi connectivity index (χ2n) is 12.5. The zero-order valence-corrected chi connectivity index (χ0v) is 27.6. The van der Waals surface area contributed by atoms with Gasteiger partial charge in [0.05, 0.1) is 11.4 Å². The van der Waals surface area contributed by atoms with Crippen molar-refractivity contribution in [2.45, 2.75) is 0 Å². The lowest BCUT2D eigenvalue weighted by Crippen LogP contribution is -2.03. The van der Waals surface area contributed by atoms with Crippen LogP contribution in [-0.2, 0) is 0 Å². The molecule has 8 aromatic rings. The van der Waals surface area contributed by atoms with Crippen molar-refractivity contribution in [1.82, 2.24) is 15.0 Å². The van der Waals surface area contributed by atoms with Gasteiger partial charge in [0.25, 0.3) is 0 Å². The first kappa shape index (κ1) is 30.2. The van der Waals surface area contributed by atoms with Crippen LogP contribution in [0.25, 0.3) is 78.1 Å². The molecule has 0 saturated heterocycles. The van der Waals surface area contributed by atoms with Crippen LogP contribution in [0, 0.1) is 0 Å². The van der Waals surface area contributed by atoms with Crippen LogP contribution in [0.15, 0.2) is 176 Å². The quantitative estimate of drug-likeness (QED) is 0.178. The summed E-state index contributed by atoms with van der Waals surface area (Å²) >= 11 is 0. The van der Waals surface area contributed by atoms with Gasteiger partial charge in [-0.05, 0) is 100 Å². The largest absolute Gasteiger partial charge is 0.457 e. The van der Waals surface area contributed by atoms with Gasteiger partial charge in [-0.3, -0.25) is 9.97 Å². The second kappa shape index (κ2) is 13.2. The Kier molecular flexibility index (Phi) is 7.84. The molecule has 9 rings (SSSR count). The number of rotatable bonds is 6. The van der Waals surface area contributed by atoms with E-state index in [9.17, 15) is 0 Å². The van der Waals surface area contributed by atoms with Crippen molar-refractivity contribution in [3.8, 4) is 89.6 Å². The number of pyridine rings is 3. The third-order valence-corrected chi connectivity index (χ3v) is 9.23. The van der Waals surface area contributed by atoms with E-state index >= 15 is 0 Å². The summed E-state index contributed by atoms with van der Waals surface area (Å²) in [5.74, 6) is 1.55. The standard InChI is InChI=1S/C46H31N3O2/c1-3-9-31(10-4-1)43-25-40(26-44(49-43)32-11-5-2-6-12-32)33-16-18-45-42(24-33)41-17-15-34(27-46(41)51-30-50-45)37-21-38(35-13-7-19-47-28-35)23-39(22-37)36-14-8-20-48-29-36/h1-29H,30H2. The van der Waals surface area contributed by atoms with E-state index < -0.39 is 0 Å². The van der Waals surface area contributed by atoms with Crippen LogP contribution < -0.4 is 9.47 Å². The predicted octanol–water partition coefficient (Wildman–Crippen LogP) is 11.3. The number of aromatic nitrogens is 3. The topological polar surface area (TPSA) is 57.1 Å². The number of nitrogens with zero attached hydrogens (tertiary/aromatic N) is 3. The molecule has 0 amide bonds. The van der Waals surface area contributed by atoms with Crippen molar-refractivity contribution >= 4 is 0 Å². The Morgan fingerprint density at radius 3 is 1.45 bits per heavy atom. The molecule has 0 atom stereocenters. The van der Waals surface area contributed by atoms with E-state index in [0.717, 1.165) is 89.6 Å². The lowest BCUT2D eigenvalue weighted by molar-refractivity contribution is 0.125. The van der Waals surface area contributed by atoms with Gasteiger partial charge in [0.15, 0.2) is 0 Å². The molecular formula is C46H31N3O2. The highest BCUT2D eigenvalue weighted by atomic mass is 16.7. The molecule has 0 fully saturated rings. The minimum absolute atomic E-state index is 0.116. The fourth-order valence-electron chi connectivity index (χ4n) is 6.65. The van der Waals surface area contributed by atoms with E-state index in [2.05, 4.69) is 107 Å². The fourth-order valence-corrected chi connectivity index (χ4v) is 6.65. The molecule has 3 aromatic heterocycles. The summed E-state index contributed by atoms with van der Waals surface area (Å²) in [6, 6.07) is 52.4. The van der Waals surface area contributed by atoms with Crippen molar-refractivity contribution in [2.75, 3.05) is 6.79 Å². The van der Waals surface area contributed by atoms with Crippen molar-refractivity contribution in [3.05, 3.63) is 176 Å². The van der Waals surface area contributed by atoms with Gasteiger partial charge in [-0.2, -0.15) is 0 Å². The molecule has 5 nitrogen and oxygen atoms in total. The molecule has 5 heteroatoms. The summed E-state index contributed by atoms with van der Waals surface area (Å²) in [6.45, 7) is 0.116. The van der Waals surface area contributed by atoms with Gasteiger partial charge < -0.3 is 9.47 Å². The Hall–Kier alpha value is -6.85. The van der Waals surface area contributed by atoms with Crippen LogP contribution in [0.4, 0.5) is 0 Å². The summed E-state index contributed by atoms with van der Waals surface area (Å²) in [4.78, 5) is 13.8. The van der Waals surface area contributed by atoms with Crippen LogP contribution in [-0.4, -0.2) is 21.7 Å². The molecule has 5 aromatic carbocycles. The van der Waals surface area contributed by atoms with Gasteiger partial charge >= 0.3 is 0 Å². The monoisotopic (exact) mass is 657 g/mol. The molecule has 242 valence electrons. The van der Waals surface area contributed by atoms with Gasteiger partial charge in [-0.1, -0.05) is 84.9 Å². The molecule has 51 heavy (non-hydrogen) atoms. The van der Waals surface area contributed by atoms with Crippen molar-refractivity contribution in [2.24, 2.45) is 0 Å². The van der Waals surface area contributed by atoms with Gasteiger partial charge in [0, 0.05) is 58.2 Å². The Bertz CT molecular complexity index is 2370. The van der Waals surface area contributed by atoms with Crippen LogP contribution in [0.1, 0.15) is 0 Å². The summed E-state index contributed by atoms with van der Waals surface area (Å²) in [7, 11) is 0. The Balaban J connectivity index is 1.14. The van der Waals surface area contributed by atoms with Crippen molar-refractivity contribution < 1.29 is 9.47 Å². The normalized spacial score (nSPS) is 11.8. The number of fused-ring (bicyclic) bond motifs is 3. The maximum atomic E-state index is 6.27. The third kappa shape index (κ3) is 6.13. The summed E-state index contributed by atoms with van der Waals surface area (Å²) < 4.78 is 12.4. The lowest BCUT2D eigenvalue weighted by Gasteiger charge is -2.14. The number of ether oxygens (including phenoxy) is 2. The molecule has 0 aliphatic carbocycles. The molecule has 0 saturated carbocycles. The highest BCUT2D eigenvalue weighted by molar-refractivity contribution is 5.87. The average Bonchev–Trinajstić information content (AvgIpc) is 3.40. The van der Waals surface area contributed by atoms with Crippen molar-refractivity contribution in [3.63, 3.8) is 0 Å². The van der Waals surface area contributed by atoms with E-state index in [0.29, 0.717) is 0 Å². The molecule has 0 bridgehead atoms. The number of hydrogen-bond donors (Lipinski definition) is 0. The molecule has 0 N–H and O–H groups in total. The maximum Gasteiger partial charge on any atom is 0.230 e. The minimum atomic E-state index is 0.116. The SMILES string of the molecule is c1ccc(-c2cc(-c3ccc4c(c3)-c3ccc(-c5cc(-c6cccnc6)cc(-c6cccnc6)c5)cc3OCO4)cc(-c3ccccc3)n2)cc1. The fraction of sp³-hybridized carbons (Fsp3) is 0.0217. The lowest BCUT2D eigenvalue weighted by atomic mass is 9.92. The van der Waals surface area contributed by atoms with Gasteiger partial charge in [-0.25, -0.2) is 4.98 Å². The van der Waals surface area contributed by atoms with Gasteiger partial charge in [0.2, 0.25) is 6.79 Å². The van der Waals surface area contributed by atoms with Crippen LogP contribution in [0.2, 0.25) is 0 Å². The van der Waals surface area contributed by atoms with Gasteiger partial charge in [-0.15, -0.1) is 0 Å². The minimum Gasteiger partial charge on any atom is -0.457 e. The van der Waals surface area contributed by atoms with E-state index in [1.54, 1.807) is 12.4 Å². The molecule has 0 unspecified atom stereocenters. The molecular weight excluding hydrogens is 627 g/mol. The Morgan fingerprint density at radius 1 is 0.353 bits per heavy atom. The second-order valence-corrected chi connectivity index (χ2v) is 12.5. The predicted molar refractivity (Wildman–Crippen MR) is 204 cm³/mol. The zero-order valence-electron chi connectivity index (χ0n) is 27.6. The first-order chi connectivity index (χ1) is 25.2. The summed E-state index contributed by atoms with van der Waals surface area (Å²) in [5, 5.41) is 0. The van der Waals surface area contributed by atoms with E-state index in [4.69, 9.17) is 14.5 Å². The molecule has 1 aliphatic rings. The Labute approximate surface area is 296 Å². The number of benzene rings is 5. The van der Waals surface area contributed by atoms with Crippen molar-refractivity contribution in [1.29, 1.82) is 0 Å². The zero-order chi connectivity index (χ0) is 34.0. The van der Waals surface area contributed by atoms with E-state index in [-0.39, 0.29) is 6.79 Å². The van der Waals surface area contributed by atoms with E-state index in [1.807, 2.05) is 67.0 Å². The molecule has 4 heterocycles. The summed E-state index contributed by atoms with van der Waals surface area (Å²) in [6.07, 6.45) is 7.38. The highest BCUT2D eigenvalue weighted by Gasteiger charge is 2.20. The number of hydrogen-bond acceptors (Lipinski definition) is 5. The van der Waals surface area contributed by atoms with Crippen LogP contribution >= 0.6 is 0 Å². The van der Waals surface area contributed by atoms with E-state index in [1.165, 1.54) is 0 Å². The Morgan fingerprint density at radius 2 is 0.863 bits per heavy atom. The highest BCUT2D eigenvalue weighted by Crippen LogP contribution is 2.44. The maximum absolute atomic E-state index is 6.27. The first-order valence-corrected chi connectivity index (χ1v) is 16.9. The smallest absolute Gasteiger partial charge is 0.230 e. The van der Waals surface area contributed by atoms with Gasteiger partial charge in [0.1, 0.15) is 11.5 Å². The third-order valence-electron chi connectivity index (χ3n) is 9.23. The summed E-state index contributed by atoms with van der Waals surface area (Å²) in [5.41, 5.74) is 14.4. The van der Waals surface area contributed by atoms with Crippen LogP contribution in [0.5, 0.6) is 11.5 Å².